The summed E-state index contributed by atoms with van der Waals surface area (Å²) in [7, 11) is 4.30. The molecule has 116 valence electrons. The third kappa shape index (κ3) is 4.18. The number of hydrogen-bond donors (Lipinski definition) is 0. The zero-order valence-electron chi connectivity index (χ0n) is 13.6. The number of carbonyl (C=O) groups excluding carboxylic acids is 1. The molecule has 0 saturated heterocycles. The molecule has 0 N–H and O–H groups in total. The lowest BCUT2D eigenvalue weighted by molar-refractivity contribution is -0.903. The van der Waals surface area contributed by atoms with Crippen LogP contribution in [0.15, 0.2) is 54.6 Å². The van der Waals surface area contributed by atoms with Crippen molar-refractivity contribution < 1.29 is 14.0 Å². The van der Waals surface area contributed by atoms with E-state index in [-0.39, 0.29) is 5.97 Å². The fourth-order valence-electron chi connectivity index (χ4n) is 2.48. The molecule has 0 amide bonds. The van der Waals surface area contributed by atoms with E-state index in [1.54, 1.807) is 6.92 Å². The molecule has 0 radical (unpaired) electrons. The van der Waals surface area contributed by atoms with Crippen molar-refractivity contribution in [3.8, 4) is 0 Å². The van der Waals surface area contributed by atoms with Gasteiger partial charge in [0.05, 0.1) is 14.1 Å². The zero-order valence-corrected chi connectivity index (χ0v) is 13.6. The van der Waals surface area contributed by atoms with E-state index in [9.17, 15) is 4.79 Å². The first-order valence-electron chi connectivity index (χ1n) is 7.50. The smallest absolute Gasteiger partial charge is 0.333 e. The largest absolute Gasteiger partial charge is 0.456 e. The van der Waals surface area contributed by atoms with Gasteiger partial charge in [-0.15, -0.1) is 0 Å². The van der Waals surface area contributed by atoms with Crippen LogP contribution in [0.4, 0.5) is 0 Å². The number of hydrogen-bond acceptors (Lipinski definition) is 2. The Morgan fingerprint density at radius 3 is 2.55 bits per heavy atom. The number of carbonyl (C=O) groups is 1. The van der Waals surface area contributed by atoms with Gasteiger partial charge in [-0.2, -0.15) is 0 Å². The number of esters is 1. The minimum atomic E-state index is -0.315. The number of fused-ring (bicyclic) bond motifs is 1. The van der Waals surface area contributed by atoms with Gasteiger partial charge in [0.15, 0.2) is 0 Å². The van der Waals surface area contributed by atoms with Crippen molar-refractivity contribution in [2.45, 2.75) is 13.5 Å². The molecule has 0 spiro atoms. The number of rotatable bonds is 6. The van der Waals surface area contributed by atoms with Crippen LogP contribution in [-0.2, 0) is 16.1 Å². The summed E-state index contributed by atoms with van der Waals surface area (Å²) in [5.74, 6) is -0.315. The van der Waals surface area contributed by atoms with Crippen molar-refractivity contribution in [3.05, 3.63) is 60.2 Å². The number of benzene rings is 2. The fraction of sp³-hybridized carbons (Fsp3) is 0.316. The Morgan fingerprint density at radius 1 is 1.14 bits per heavy atom. The standard InChI is InChI=1S/C19H24NO2/c1-15(2)19(21)22-13-12-20(3,4)14-17-10-7-9-16-8-5-6-11-18(16)17/h5-11H,1,12-14H2,2-4H3/q+1. The second-order valence-electron chi connectivity index (χ2n) is 6.37. The molecule has 2 rings (SSSR count). The molecule has 0 heterocycles. The number of quaternary nitrogens is 1. The predicted molar refractivity (Wildman–Crippen MR) is 90.4 cm³/mol. The maximum atomic E-state index is 11.4. The van der Waals surface area contributed by atoms with Gasteiger partial charge in [0.2, 0.25) is 0 Å². The second kappa shape index (κ2) is 6.75. The average Bonchev–Trinajstić information content (AvgIpc) is 2.47. The Labute approximate surface area is 132 Å². The van der Waals surface area contributed by atoms with Crippen LogP contribution in [0, 0.1) is 0 Å². The van der Waals surface area contributed by atoms with Gasteiger partial charge in [0.1, 0.15) is 19.7 Å². The molecule has 3 heteroatoms. The molecule has 0 bridgehead atoms. The first-order chi connectivity index (χ1) is 10.4. The van der Waals surface area contributed by atoms with Gasteiger partial charge in [-0.3, -0.25) is 0 Å². The van der Waals surface area contributed by atoms with Crippen molar-refractivity contribution in [3.63, 3.8) is 0 Å². The van der Waals surface area contributed by atoms with Gasteiger partial charge < -0.3 is 9.22 Å². The summed E-state index contributed by atoms with van der Waals surface area (Å²) in [4.78, 5) is 11.4. The van der Waals surface area contributed by atoms with E-state index in [1.165, 1.54) is 16.3 Å². The monoisotopic (exact) mass is 298 g/mol. The van der Waals surface area contributed by atoms with Crippen LogP contribution in [-0.4, -0.2) is 37.7 Å². The highest BCUT2D eigenvalue weighted by Gasteiger charge is 2.18. The van der Waals surface area contributed by atoms with Crippen LogP contribution >= 0.6 is 0 Å². The molecular formula is C19H24NO2+. The molecule has 0 aliphatic rings. The summed E-state index contributed by atoms with van der Waals surface area (Å²) in [6.45, 7) is 7.32. The lowest BCUT2D eigenvalue weighted by Gasteiger charge is -2.30. The number of ether oxygens (including phenoxy) is 1. The van der Waals surface area contributed by atoms with Crippen LogP contribution in [0.1, 0.15) is 12.5 Å². The third-order valence-electron chi connectivity index (χ3n) is 3.76. The van der Waals surface area contributed by atoms with E-state index < -0.39 is 0 Å². The topological polar surface area (TPSA) is 26.3 Å². The first kappa shape index (κ1) is 16.2. The Bertz CT molecular complexity index is 683. The van der Waals surface area contributed by atoms with E-state index in [0.29, 0.717) is 12.2 Å². The van der Waals surface area contributed by atoms with Crippen LogP contribution in [0.2, 0.25) is 0 Å². The van der Waals surface area contributed by atoms with Gasteiger partial charge in [-0.1, -0.05) is 49.0 Å². The quantitative estimate of drug-likeness (QED) is 0.463. The molecule has 0 aliphatic heterocycles. The fourth-order valence-corrected chi connectivity index (χ4v) is 2.48. The summed E-state index contributed by atoms with van der Waals surface area (Å²) in [6.07, 6.45) is 0. The highest BCUT2D eigenvalue weighted by molar-refractivity contribution is 5.87. The van der Waals surface area contributed by atoms with Crippen molar-refractivity contribution in [1.82, 2.24) is 0 Å². The Hall–Kier alpha value is -2.13. The summed E-state index contributed by atoms with van der Waals surface area (Å²) < 4.78 is 5.97. The molecule has 0 aromatic heterocycles. The van der Waals surface area contributed by atoms with Crippen LogP contribution in [0.5, 0.6) is 0 Å². The number of nitrogens with zero attached hydrogens (tertiary/aromatic N) is 1. The molecule has 0 unspecified atom stereocenters. The second-order valence-corrected chi connectivity index (χ2v) is 6.37. The highest BCUT2D eigenvalue weighted by atomic mass is 16.5. The molecule has 3 nitrogen and oxygen atoms in total. The lowest BCUT2D eigenvalue weighted by atomic mass is 10.0. The molecule has 0 aliphatic carbocycles. The lowest BCUT2D eigenvalue weighted by Crippen LogP contribution is -2.41. The molecule has 0 fully saturated rings. The average molecular weight is 298 g/mol. The summed E-state index contributed by atoms with van der Waals surface area (Å²) in [5.41, 5.74) is 1.76. The molecule has 0 saturated carbocycles. The Morgan fingerprint density at radius 2 is 1.82 bits per heavy atom. The summed E-state index contributed by atoms with van der Waals surface area (Å²) in [6, 6.07) is 14.8. The van der Waals surface area contributed by atoms with Gasteiger partial charge in [0.25, 0.3) is 0 Å². The van der Waals surface area contributed by atoms with Crippen molar-refractivity contribution in [1.29, 1.82) is 0 Å². The maximum Gasteiger partial charge on any atom is 0.333 e. The SMILES string of the molecule is C=C(C)C(=O)OCC[N+](C)(C)Cc1cccc2ccccc12. The third-order valence-corrected chi connectivity index (χ3v) is 3.76. The summed E-state index contributed by atoms with van der Waals surface area (Å²) >= 11 is 0. The first-order valence-corrected chi connectivity index (χ1v) is 7.50. The van der Waals surface area contributed by atoms with E-state index in [4.69, 9.17) is 4.74 Å². The molecular weight excluding hydrogens is 274 g/mol. The zero-order chi connectivity index (χ0) is 16.2. The van der Waals surface area contributed by atoms with Gasteiger partial charge in [0, 0.05) is 11.1 Å². The van der Waals surface area contributed by atoms with Gasteiger partial charge >= 0.3 is 5.97 Å². The van der Waals surface area contributed by atoms with E-state index >= 15 is 0 Å². The number of likely N-dealkylation sites (N-methyl/N-ethyl adjacent to an activating group) is 1. The molecule has 2 aromatic carbocycles. The van der Waals surface area contributed by atoms with Crippen molar-refractivity contribution in [2.24, 2.45) is 0 Å². The molecule has 22 heavy (non-hydrogen) atoms. The van der Waals surface area contributed by atoms with Crippen LogP contribution < -0.4 is 0 Å². The van der Waals surface area contributed by atoms with E-state index in [0.717, 1.165) is 17.6 Å². The van der Waals surface area contributed by atoms with Crippen LogP contribution in [0.25, 0.3) is 10.8 Å². The Kier molecular flexibility index (Phi) is 4.99. The van der Waals surface area contributed by atoms with Crippen LogP contribution in [0.3, 0.4) is 0 Å². The van der Waals surface area contributed by atoms with Crippen molar-refractivity contribution >= 4 is 16.7 Å². The summed E-state index contributed by atoms with van der Waals surface area (Å²) in [5, 5.41) is 2.55. The minimum Gasteiger partial charge on any atom is -0.456 e. The predicted octanol–water partition coefficient (Wildman–Crippen LogP) is 3.54. The van der Waals surface area contributed by atoms with E-state index in [2.05, 4.69) is 63.1 Å². The Balaban J connectivity index is 2.04. The molecule has 2 aromatic rings. The van der Waals surface area contributed by atoms with Gasteiger partial charge in [-0.05, 0) is 17.7 Å². The maximum absolute atomic E-state index is 11.4. The van der Waals surface area contributed by atoms with E-state index in [1.807, 2.05) is 0 Å². The molecule has 0 atom stereocenters. The van der Waals surface area contributed by atoms with Gasteiger partial charge in [-0.25, -0.2) is 4.79 Å². The normalized spacial score (nSPS) is 11.4. The minimum absolute atomic E-state index is 0.315. The highest BCUT2D eigenvalue weighted by Crippen LogP contribution is 2.21. The van der Waals surface area contributed by atoms with Crippen molar-refractivity contribution in [2.75, 3.05) is 27.2 Å².